The van der Waals surface area contributed by atoms with Gasteiger partial charge in [0.05, 0.1) is 30.3 Å². The molecule has 0 aliphatic carbocycles. The number of halogens is 1. The lowest BCUT2D eigenvalue weighted by Gasteiger charge is -2.28. The number of rotatable bonds is 6. The summed E-state index contributed by atoms with van der Waals surface area (Å²) in [6.45, 7) is 1.36. The van der Waals surface area contributed by atoms with E-state index < -0.39 is 33.8 Å². The maximum Gasteiger partial charge on any atom is 0.339 e. The molecule has 2 rings (SSSR count). The summed E-state index contributed by atoms with van der Waals surface area (Å²) >= 11 is 0. The average molecular weight is 394 g/mol. The van der Waals surface area contributed by atoms with E-state index in [2.05, 4.69) is 10.1 Å². The summed E-state index contributed by atoms with van der Waals surface area (Å²) in [5.41, 5.74) is 0.313. The fraction of sp³-hybridized carbons (Fsp3) is 0.222. The van der Waals surface area contributed by atoms with Crippen LogP contribution in [-0.4, -0.2) is 39.7 Å². The number of nitrogens with one attached hydrogen (secondary N) is 1. The van der Waals surface area contributed by atoms with Gasteiger partial charge in [-0.15, -0.1) is 0 Å². The van der Waals surface area contributed by atoms with Crippen LogP contribution in [0.2, 0.25) is 0 Å². The van der Waals surface area contributed by atoms with E-state index in [-0.39, 0.29) is 16.9 Å². The molecule has 2 aromatic rings. The summed E-state index contributed by atoms with van der Waals surface area (Å²) in [5, 5.41) is 2.52. The van der Waals surface area contributed by atoms with Crippen LogP contribution in [0.5, 0.6) is 0 Å². The van der Waals surface area contributed by atoms with Gasteiger partial charge in [-0.3, -0.25) is 9.10 Å². The highest BCUT2D eigenvalue weighted by Gasteiger charge is 2.30. The third kappa shape index (κ3) is 4.82. The number of hydrogen-bond acceptors (Lipinski definition) is 5. The second kappa shape index (κ2) is 8.17. The third-order valence-electron chi connectivity index (χ3n) is 3.74. The molecule has 144 valence electrons. The molecule has 0 saturated carbocycles. The lowest BCUT2D eigenvalue weighted by Crippen LogP contribution is -2.45. The molecular formula is C18H19FN2O5S. The van der Waals surface area contributed by atoms with E-state index >= 15 is 0 Å². The van der Waals surface area contributed by atoms with Gasteiger partial charge in [0.2, 0.25) is 15.9 Å². The van der Waals surface area contributed by atoms with Gasteiger partial charge in [0, 0.05) is 0 Å². The quantitative estimate of drug-likeness (QED) is 0.760. The van der Waals surface area contributed by atoms with Crippen LogP contribution in [0.15, 0.2) is 48.5 Å². The standard InChI is InChI=1S/C18H19FN2O5S/c1-12(21(27(3,24)25)14-8-6-7-13(19)11-14)17(22)20-16-10-5-4-9-15(16)18(23)26-2/h4-12H,1-3H3,(H,20,22). The van der Waals surface area contributed by atoms with E-state index in [1.807, 2.05) is 0 Å². The van der Waals surface area contributed by atoms with Gasteiger partial charge >= 0.3 is 5.97 Å². The monoisotopic (exact) mass is 394 g/mol. The molecule has 0 heterocycles. The molecule has 0 aliphatic rings. The smallest absolute Gasteiger partial charge is 0.339 e. The second-order valence-electron chi connectivity index (χ2n) is 5.74. The van der Waals surface area contributed by atoms with Crippen LogP contribution >= 0.6 is 0 Å². The van der Waals surface area contributed by atoms with Gasteiger partial charge in [-0.2, -0.15) is 0 Å². The number of nitrogens with zero attached hydrogens (tertiary/aromatic N) is 1. The lowest BCUT2D eigenvalue weighted by molar-refractivity contribution is -0.116. The van der Waals surface area contributed by atoms with E-state index in [0.29, 0.717) is 0 Å². The van der Waals surface area contributed by atoms with Crippen LogP contribution in [0.25, 0.3) is 0 Å². The molecule has 0 fully saturated rings. The number of carbonyl (C=O) groups excluding carboxylic acids is 2. The van der Waals surface area contributed by atoms with E-state index in [0.717, 1.165) is 16.6 Å². The Bertz CT molecular complexity index is 962. The van der Waals surface area contributed by atoms with E-state index in [9.17, 15) is 22.4 Å². The number of sulfonamides is 1. The fourth-order valence-corrected chi connectivity index (χ4v) is 3.71. The molecule has 1 atom stereocenters. The SMILES string of the molecule is COC(=O)c1ccccc1NC(=O)C(C)N(c1cccc(F)c1)S(C)(=O)=O. The lowest BCUT2D eigenvalue weighted by atomic mass is 10.1. The molecule has 0 spiro atoms. The Morgan fingerprint density at radius 2 is 1.81 bits per heavy atom. The van der Waals surface area contributed by atoms with Gasteiger partial charge in [-0.05, 0) is 37.3 Å². The van der Waals surface area contributed by atoms with Crippen molar-refractivity contribution in [2.24, 2.45) is 0 Å². The number of anilines is 2. The number of methoxy groups -OCH3 is 1. The molecule has 7 nitrogen and oxygen atoms in total. The van der Waals surface area contributed by atoms with Crippen molar-refractivity contribution in [3.05, 3.63) is 59.9 Å². The molecule has 0 radical (unpaired) electrons. The molecule has 0 saturated heterocycles. The average Bonchev–Trinajstić information content (AvgIpc) is 2.60. The highest BCUT2D eigenvalue weighted by molar-refractivity contribution is 7.92. The molecule has 1 amide bonds. The highest BCUT2D eigenvalue weighted by Crippen LogP contribution is 2.23. The molecule has 0 aromatic heterocycles. The molecule has 9 heteroatoms. The van der Waals surface area contributed by atoms with Gasteiger partial charge in [0.15, 0.2) is 0 Å². The van der Waals surface area contributed by atoms with Crippen molar-refractivity contribution < 1.29 is 27.1 Å². The largest absolute Gasteiger partial charge is 0.465 e. The van der Waals surface area contributed by atoms with Crippen molar-refractivity contribution in [2.75, 3.05) is 23.0 Å². The molecule has 27 heavy (non-hydrogen) atoms. The Hall–Kier alpha value is -2.94. The van der Waals surface area contributed by atoms with E-state index in [1.165, 1.54) is 44.4 Å². The summed E-state index contributed by atoms with van der Waals surface area (Å²) in [6, 6.07) is 9.88. The normalized spacial score (nSPS) is 12.1. The van der Waals surface area contributed by atoms with Crippen molar-refractivity contribution >= 4 is 33.3 Å². The molecule has 1 N–H and O–H groups in total. The van der Waals surface area contributed by atoms with Crippen LogP contribution in [0.4, 0.5) is 15.8 Å². The summed E-state index contributed by atoms with van der Waals surface area (Å²) in [6.07, 6.45) is 0.921. The van der Waals surface area contributed by atoms with Gasteiger partial charge in [0.1, 0.15) is 11.9 Å². The molecule has 1 unspecified atom stereocenters. The first-order valence-corrected chi connectivity index (χ1v) is 9.73. The Labute approximate surface area is 156 Å². The van der Waals surface area contributed by atoms with E-state index in [4.69, 9.17) is 0 Å². The fourth-order valence-electron chi connectivity index (χ4n) is 2.54. The molecule has 2 aromatic carbocycles. The number of hydrogen-bond donors (Lipinski definition) is 1. The molecular weight excluding hydrogens is 375 g/mol. The predicted molar refractivity (Wildman–Crippen MR) is 99.6 cm³/mol. The summed E-state index contributed by atoms with van der Waals surface area (Å²) in [5.74, 6) is -1.98. The minimum Gasteiger partial charge on any atom is -0.465 e. The maximum atomic E-state index is 13.5. The van der Waals surface area contributed by atoms with Crippen LogP contribution in [0.3, 0.4) is 0 Å². The van der Waals surface area contributed by atoms with Crippen molar-refractivity contribution in [1.82, 2.24) is 0 Å². The number of para-hydroxylation sites is 1. The van der Waals surface area contributed by atoms with Gasteiger partial charge in [-0.1, -0.05) is 18.2 Å². The van der Waals surface area contributed by atoms with Crippen LogP contribution in [0, 0.1) is 5.82 Å². The number of ether oxygens (including phenoxy) is 1. The third-order valence-corrected chi connectivity index (χ3v) is 4.98. The van der Waals surface area contributed by atoms with Crippen molar-refractivity contribution in [3.63, 3.8) is 0 Å². The van der Waals surface area contributed by atoms with Gasteiger partial charge in [-0.25, -0.2) is 17.6 Å². The zero-order chi connectivity index (χ0) is 20.2. The zero-order valence-electron chi connectivity index (χ0n) is 15.0. The minimum atomic E-state index is -3.89. The summed E-state index contributed by atoms with van der Waals surface area (Å²) in [7, 11) is -2.68. The van der Waals surface area contributed by atoms with Gasteiger partial charge in [0.25, 0.3) is 0 Å². The number of benzene rings is 2. The number of carbonyl (C=O) groups is 2. The number of amides is 1. The van der Waals surface area contributed by atoms with Crippen molar-refractivity contribution in [1.29, 1.82) is 0 Å². The van der Waals surface area contributed by atoms with Crippen molar-refractivity contribution in [3.8, 4) is 0 Å². The predicted octanol–water partition coefficient (Wildman–Crippen LogP) is 2.41. The van der Waals surface area contributed by atoms with Gasteiger partial charge < -0.3 is 10.1 Å². The highest BCUT2D eigenvalue weighted by atomic mass is 32.2. The second-order valence-corrected chi connectivity index (χ2v) is 7.60. The van der Waals surface area contributed by atoms with E-state index in [1.54, 1.807) is 12.1 Å². The van der Waals surface area contributed by atoms with Crippen LogP contribution < -0.4 is 9.62 Å². The zero-order valence-corrected chi connectivity index (χ0v) is 15.8. The molecule has 0 bridgehead atoms. The summed E-state index contributed by atoms with van der Waals surface area (Å²) < 4.78 is 43.4. The Morgan fingerprint density at radius 1 is 1.15 bits per heavy atom. The molecule has 0 aliphatic heterocycles. The Balaban J connectivity index is 2.36. The minimum absolute atomic E-state index is 0.0152. The first kappa shape index (κ1) is 20.4. The Morgan fingerprint density at radius 3 is 2.41 bits per heavy atom. The summed E-state index contributed by atoms with van der Waals surface area (Å²) in [4.78, 5) is 24.5. The number of esters is 1. The maximum absolute atomic E-state index is 13.5. The van der Waals surface area contributed by atoms with Crippen molar-refractivity contribution in [2.45, 2.75) is 13.0 Å². The Kier molecular flexibility index (Phi) is 6.17. The van der Waals surface area contributed by atoms with Crippen LogP contribution in [0.1, 0.15) is 17.3 Å². The first-order valence-electron chi connectivity index (χ1n) is 7.88. The first-order chi connectivity index (χ1) is 12.6. The topological polar surface area (TPSA) is 92.8 Å². The van der Waals surface area contributed by atoms with Crippen LogP contribution in [-0.2, 0) is 19.6 Å².